The molecule has 37 heavy (non-hydrogen) atoms. The minimum atomic E-state index is -0.233. The first-order valence-electron chi connectivity index (χ1n) is 10.9. The molecule has 0 saturated carbocycles. The Hall–Kier alpha value is -3.83. The Labute approximate surface area is 236 Å². The maximum Gasteiger partial charge on any atom is 0.0768 e. The summed E-state index contributed by atoms with van der Waals surface area (Å²) in [5, 5.41) is 0. The number of Topliss-reactive ketones (excluding diaryl/α,β-unsaturated/α-hetero) is 6. The molecule has 0 aliphatic carbocycles. The fourth-order valence-electron chi connectivity index (χ4n) is 2.61. The van der Waals surface area contributed by atoms with Crippen LogP contribution in [0.1, 0.15) is 51.8 Å². The molecule has 0 heterocycles. The van der Waals surface area contributed by atoms with E-state index in [4.69, 9.17) is 0 Å². The van der Waals surface area contributed by atoms with Crippen LogP contribution in [0.5, 0.6) is 0 Å². The zero-order valence-corrected chi connectivity index (χ0v) is 23.3. The van der Waals surface area contributed by atoms with Gasteiger partial charge in [0.25, 0.3) is 0 Å². The summed E-state index contributed by atoms with van der Waals surface area (Å²) in [5.74, 6) is -1.36. The largest absolute Gasteiger partial charge is 0.331 e. The minimum absolute atomic E-state index is 0. The molecule has 7 heteroatoms. The smallest absolute Gasteiger partial charge is 0.0768 e. The van der Waals surface area contributed by atoms with Crippen molar-refractivity contribution in [1.29, 1.82) is 0 Å². The van der Waals surface area contributed by atoms with E-state index in [1.54, 1.807) is 72.8 Å². The van der Waals surface area contributed by atoms with Crippen molar-refractivity contribution < 1.29 is 55.0 Å². The van der Waals surface area contributed by atoms with Gasteiger partial charge in [0.1, 0.15) is 0 Å². The SMILES string of the molecule is CC(=O)[CH-]C(=O)c1ccccc1.CC(=O)[CH-]C(=O)c1ccccc1.CC(=O)[CH-]C(=O)c1ccccc1.[Zr]. The average molecular weight is 575 g/mol. The summed E-state index contributed by atoms with van der Waals surface area (Å²) in [7, 11) is 0. The predicted octanol–water partition coefficient (Wildman–Crippen LogP) is 4.99. The summed E-state index contributed by atoms with van der Waals surface area (Å²) in [6, 6.07) is 26.2. The molecular weight excluding hydrogens is 548 g/mol. The maximum atomic E-state index is 11.2. The van der Waals surface area contributed by atoms with Gasteiger partial charge in [0.2, 0.25) is 0 Å². The van der Waals surface area contributed by atoms with E-state index in [9.17, 15) is 28.8 Å². The number of carbonyl (C=O) groups excluding carboxylic acids is 6. The maximum absolute atomic E-state index is 11.2. The van der Waals surface area contributed by atoms with E-state index >= 15 is 0 Å². The van der Waals surface area contributed by atoms with Crippen LogP contribution in [0.2, 0.25) is 0 Å². The van der Waals surface area contributed by atoms with Crippen LogP contribution in [0.4, 0.5) is 0 Å². The standard InChI is InChI=1S/3C10H9O2.Zr/c3*1-8(11)7-10(12)9-5-3-2-4-6-9;/h3*2-7H,1H3;/q3*-1;. The van der Waals surface area contributed by atoms with Crippen molar-refractivity contribution in [3.05, 3.63) is 127 Å². The van der Waals surface area contributed by atoms with Crippen LogP contribution in [0.3, 0.4) is 0 Å². The zero-order chi connectivity index (χ0) is 26.9. The molecule has 0 N–H and O–H groups in total. The third-order valence-corrected chi connectivity index (χ3v) is 4.18. The number of hydrogen-bond donors (Lipinski definition) is 0. The van der Waals surface area contributed by atoms with E-state index in [0.717, 1.165) is 19.3 Å². The van der Waals surface area contributed by atoms with Gasteiger partial charge in [-0.15, -0.1) is 72.4 Å². The molecule has 0 fully saturated rings. The van der Waals surface area contributed by atoms with Crippen LogP contribution in [-0.2, 0) is 40.6 Å². The summed E-state index contributed by atoms with van der Waals surface area (Å²) in [4.78, 5) is 65.2. The Morgan fingerprint density at radius 3 is 0.757 bits per heavy atom. The van der Waals surface area contributed by atoms with E-state index in [0.29, 0.717) is 16.7 Å². The van der Waals surface area contributed by atoms with Crippen molar-refractivity contribution in [3.8, 4) is 0 Å². The molecule has 0 bridgehead atoms. The Balaban J connectivity index is 0.000000518. The number of carbonyl (C=O) groups is 6. The van der Waals surface area contributed by atoms with Crippen molar-refractivity contribution in [2.24, 2.45) is 0 Å². The van der Waals surface area contributed by atoms with Crippen molar-refractivity contribution in [2.75, 3.05) is 0 Å². The number of ketones is 6. The third-order valence-electron chi connectivity index (χ3n) is 4.18. The fourth-order valence-corrected chi connectivity index (χ4v) is 2.61. The van der Waals surface area contributed by atoms with E-state index in [-0.39, 0.29) is 60.9 Å². The third kappa shape index (κ3) is 15.0. The van der Waals surface area contributed by atoms with Crippen LogP contribution >= 0.6 is 0 Å². The number of rotatable bonds is 9. The van der Waals surface area contributed by atoms with Crippen LogP contribution in [0, 0.1) is 19.3 Å². The first-order valence-corrected chi connectivity index (χ1v) is 10.9. The van der Waals surface area contributed by atoms with Gasteiger partial charge in [-0.2, -0.15) is 0 Å². The van der Waals surface area contributed by atoms with Gasteiger partial charge in [-0.05, 0) is 20.8 Å². The molecule has 0 amide bonds. The van der Waals surface area contributed by atoms with Gasteiger partial charge in [0.15, 0.2) is 0 Å². The van der Waals surface area contributed by atoms with Gasteiger partial charge in [-0.25, -0.2) is 0 Å². The van der Waals surface area contributed by atoms with Gasteiger partial charge < -0.3 is 28.8 Å². The van der Waals surface area contributed by atoms with E-state index in [1.165, 1.54) is 20.8 Å². The summed E-state index contributed by atoms with van der Waals surface area (Å²) in [6.45, 7) is 4.09. The summed E-state index contributed by atoms with van der Waals surface area (Å²) < 4.78 is 0. The first-order chi connectivity index (χ1) is 17.1. The monoisotopic (exact) mass is 573 g/mol. The molecule has 0 aliphatic rings. The Morgan fingerprint density at radius 1 is 0.405 bits per heavy atom. The van der Waals surface area contributed by atoms with E-state index < -0.39 is 0 Å². The van der Waals surface area contributed by atoms with Crippen molar-refractivity contribution in [2.45, 2.75) is 20.8 Å². The van der Waals surface area contributed by atoms with E-state index in [1.807, 2.05) is 18.2 Å². The fraction of sp³-hybridized carbons (Fsp3) is 0.100. The normalized spacial score (nSPS) is 8.84. The van der Waals surface area contributed by atoms with Crippen molar-refractivity contribution in [1.82, 2.24) is 0 Å². The van der Waals surface area contributed by atoms with Crippen LogP contribution in [0.25, 0.3) is 0 Å². The topological polar surface area (TPSA) is 102 Å². The molecule has 0 saturated heterocycles. The Bertz CT molecular complexity index is 1020. The molecule has 190 valence electrons. The van der Waals surface area contributed by atoms with Gasteiger partial charge in [0.05, 0.1) is 17.3 Å². The molecule has 3 aromatic rings. The number of hydrogen-bond acceptors (Lipinski definition) is 6. The first kappa shape index (κ1) is 33.2. The predicted molar refractivity (Wildman–Crippen MR) is 137 cm³/mol. The molecule has 0 unspecified atom stereocenters. The van der Waals surface area contributed by atoms with Crippen molar-refractivity contribution >= 4 is 34.7 Å². The molecule has 3 aromatic carbocycles. The van der Waals surface area contributed by atoms with Crippen LogP contribution < -0.4 is 0 Å². The molecule has 0 aromatic heterocycles. The summed E-state index contributed by atoms with van der Waals surface area (Å²) in [5.41, 5.74) is 1.65. The Morgan fingerprint density at radius 2 is 0.595 bits per heavy atom. The molecule has 0 aliphatic heterocycles. The minimum Gasteiger partial charge on any atom is -0.331 e. The summed E-state index contributed by atoms with van der Waals surface area (Å²) >= 11 is 0. The van der Waals surface area contributed by atoms with Gasteiger partial charge >= 0.3 is 0 Å². The Kier molecular flexibility index (Phi) is 16.5. The van der Waals surface area contributed by atoms with Gasteiger partial charge in [-0.3, -0.25) is 0 Å². The second kappa shape index (κ2) is 18.4. The number of benzene rings is 3. The van der Waals surface area contributed by atoms with Gasteiger partial charge in [-0.1, -0.05) is 54.6 Å². The van der Waals surface area contributed by atoms with E-state index in [2.05, 4.69) is 0 Å². The van der Waals surface area contributed by atoms with Crippen LogP contribution in [0.15, 0.2) is 91.0 Å². The quantitative estimate of drug-likeness (QED) is 0.203. The molecule has 0 atom stereocenters. The average Bonchev–Trinajstić information content (AvgIpc) is 2.85. The molecular formula is C30H27O6Zr-3. The van der Waals surface area contributed by atoms with Crippen LogP contribution in [-0.4, -0.2) is 34.7 Å². The molecule has 0 radical (unpaired) electrons. The molecule has 6 nitrogen and oxygen atoms in total. The second-order valence-electron chi connectivity index (χ2n) is 7.46. The van der Waals surface area contributed by atoms with Crippen molar-refractivity contribution in [3.63, 3.8) is 0 Å². The van der Waals surface area contributed by atoms with Gasteiger partial charge in [0, 0.05) is 43.6 Å². The zero-order valence-electron chi connectivity index (χ0n) is 20.8. The summed E-state index contributed by atoms with van der Waals surface area (Å²) in [6.07, 6.45) is 3.28. The molecule has 0 spiro atoms. The second-order valence-corrected chi connectivity index (χ2v) is 7.46. The molecule has 3 rings (SSSR count).